The first-order valence-corrected chi connectivity index (χ1v) is 8.68. The largest absolute Gasteiger partial charge is 0.508 e. The summed E-state index contributed by atoms with van der Waals surface area (Å²) in [6.45, 7) is 0.380. The topological polar surface area (TPSA) is 79.5 Å². The van der Waals surface area contributed by atoms with Crippen molar-refractivity contribution in [1.29, 1.82) is 0 Å². The minimum absolute atomic E-state index is 0.0151. The van der Waals surface area contributed by atoms with Gasteiger partial charge in [-0.1, -0.05) is 29.3 Å². The van der Waals surface area contributed by atoms with Gasteiger partial charge in [0.1, 0.15) is 16.9 Å². The molecule has 0 spiro atoms. The zero-order valence-corrected chi connectivity index (χ0v) is 15.1. The van der Waals surface area contributed by atoms with Crippen LogP contribution >= 0.6 is 23.2 Å². The SMILES string of the molecule is O=C(NCCCc1ccc(Cl)cc1Cl)c1cc2ccc(O)cc2oc1=O. The summed E-state index contributed by atoms with van der Waals surface area (Å²) >= 11 is 12.0. The number of rotatable bonds is 5. The summed E-state index contributed by atoms with van der Waals surface area (Å²) in [5.41, 5.74) is 0.341. The van der Waals surface area contributed by atoms with Gasteiger partial charge < -0.3 is 14.8 Å². The fourth-order valence-corrected chi connectivity index (χ4v) is 3.06. The number of aromatic hydroxyl groups is 1. The van der Waals surface area contributed by atoms with E-state index in [9.17, 15) is 14.7 Å². The molecule has 0 saturated carbocycles. The summed E-state index contributed by atoms with van der Waals surface area (Å²) in [4.78, 5) is 24.2. The van der Waals surface area contributed by atoms with E-state index in [0.717, 1.165) is 5.56 Å². The van der Waals surface area contributed by atoms with Crippen molar-refractivity contribution in [1.82, 2.24) is 5.32 Å². The van der Waals surface area contributed by atoms with Crippen LogP contribution in [0.5, 0.6) is 5.75 Å². The Morgan fingerprint density at radius 3 is 2.69 bits per heavy atom. The highest BCUT2D eigenvalue weighted by Crippen LogP contribution is 2.22. The molecule has 2 aromatic carbocycles. The van der Waals surface area contributed by atoms with Gasteiger partial charge in [-0.2, -0.15) is 0 Å². The van der Waals surface area contributed by atoms with Crippen LogP contribution in [0.1, 0.15) is 22.3 Å². The molecule has 26 heavy (non-hydrogen) atoms. The van der Waals surface area contributed by atoms with Crippen molar-refractivity contribution < 1.29 is 14.3 Å². The molecule has 134 valence electrons. The van der Waals surface area contributed by atoms with E-state index in [1.807, 2.05) is 6.07 Å². The van der Waals surface area contributed by atoms with E-state index in [0.29, 0.717) is 34.8 Å². The summed E-state index contributed by atoms with van der Waals surface area (Å²) in [5.74, 6) is -0.519. The maximum atomic E-state index is 12.2. The molecule has 1 aromatic heterocycles. The molecule has 0 fully saturated rings. The second-order valence-electron chi connectivity index (χ2n) is 5.76. The number of carbonyl (C=O) groups excluding carboxylic acids is 1. The van der Waals surface area contributed by atoms with E-state index in [4.69, 9.17) is 27.6 Å². The number of nitrogens with one attached hydrogen (secondary N) is 1. The number of carbonyl (C=O) groups is 1. The van der Waals surface area contributed by atoms with E-state index >= 15 is 0 Å². The van der Waals surface area contributed by atoms with Crippen LogP contribution in [0.3, 0.4) is 0 Å². The monoisotopic (exact) mass is 391 g/mol. The number of hydrogen-bond acceptors (Lipinski definition) is 4. The van der Waals surface area contributed by atoms with Gasteiger partial charge in [-0.05, 0) is 48.7 Å². The van der Waals surface area contributed by atoms with Gasteiger partial charge in [0.15, 0.2) is 0 Å². The molecule has 0 unspecified atom stereocenters. The highest BCUT2D eigenvalue weighted by molar-refractivity contribution is 6.35. The van der Waals surface area contributed by atoms with Crippen molar-refractivity contribution >= 4 is 40.1 Å². The summed E-state index contributed by atoms with van der Waals surface area (Å²) in [7, 11) is 0. The third-order valence-corrected chi connectivity index (χ3v) is 4.47. The molecule has 0 saturated heterocycles. The van der Waals surface area contributed by atoms with Crippen LogP contribution in [-0.2, 0) is 6.42 Å². The standard InChI is InChI=1S/C19H15Cl2NO4/c20-13-5-3-11(16(21)9-13)2-1-7-22-18(24)15-8-12-4-6-14(23)10-17(12)26-19(15)25/h3-6,8-10,23H,1-2,7H2,(H,22,24). The van der Waals surface area contributed by atoms with Gasteiger partial charge in [-0.3, -0.25) is 4.79 Å². The van der Waals surface area contributed by atoms with E-state index in [1.54, 1.807) is 18.2 Å². The van der Waals surface area contributed by atoms with Gasteiger partial charge in [-0.15, -0.1) is 0 Å². The smallest absolute Gasteiger partial charge is 0.349 e. The van der Waals surface area contributed by atoms with Crippen LogP contribution in [0.4, 0.5) is 0 Å². The van der Waals surface area contributed by atoms with Crippen molar-refractivity contribution in [2.45, 2.75) is 12.8 Å². The van der Waals surface area contributed by atoms with Crippen molar-refractivity contribution in [2.75, 3.05) is 6.54 Å². The summed E-state index contributed by atoms with van der Waals surface area (Å²) in [6, 6.07) is 11.1. The van der Waals surface area contributed by atoms with Crippen LogP contribution in [-0.4, -0.2) is 17.6 Å². The summed E-state index contributed by atoms with van der Waals surface area (Å²) in [5, 5.41) is 13.8. The maximum absolute atomic E-state index is 12.2. The molecule has 0 aliphatic rings. The predicted octanol–water partition coefficient (Wildman–Crippen LogP) is 4.17. The number of fused-ring (bicyclic) bond motifs is 1. The lowest BCUT2D eigenvalue weighted by atomic mass is 10.1. The average molecular weight is 392 g/mol. The lowest BCUT2D eigenvalue weighted by molar-refractivity contribution is 0.0949. The van der Waals surface area contributed by atoms with E-state index in [-0.39, 0.29) is 16.9 Å². The van der Waals surface area contributed by atoms with Crippen LogP contribution in [0.15, 0.2) is 51.7 Å². The fraction of sp³-hybridized carbons (Fsp3) is 0.158. The molecule has 0 aliphatic heterocycles. The lowest BCUT2D eigenvalue weighted by Gasteiger charge is -2.07. The number of amides is 1. The van der Waals surface area contributed by atoms with Gasteiger partial charge in [0.25, 0.3) is 5.91 Å². The van der Waals surface area contributed by atoms with Gasteiger partial charge in [-0.25, -0.2) is 4.79 Å². The maximum Gasteiger partial charge on any atom is 0.349 e. The quantitative estimate of drug-likeness (QED) is 0.505. The van der Waals surface area contributed by atoms with Crippen LogP contribution in [0.2, 0.25) is 10.0 Å². The van der Waals surface area contributed by atoms with Gasteiger partial charge in [0, 0.05) is 28.0 Å². The summed E-state index contributed by atoms with van der Waals surface area (Å²) < 4.78 is 5.09. The third kappa shape index (κ3) is 4.18. The molecule has 5 nitrogen and oxygen atoms in total. The average Bonchev–Trinajstić information content (AvgIpc) is 2.59. The Bertz CT molecular complexity index is 1030. The Morgan fingerprint density at radius 2 is 1.92 bits per heavy atom. The normalized spacial score (nSPS) is 10.8. The molecule has 1 heterocycles. The second-order valence-corrected chi connectivity index (χ2v) is 6.61. The van der Waals surface area contributed by atoms with Crippen LogP contribution in [0, 0.1) is 0 Å². The molecule has 0 radical (unpaired) electrons. The Hall–Kier alpha value is -2.50. The fourth-order valence-electron chi connectivity index (χ4n) is 2.56. The zero-order chi connectivity index (χ0) is 18.7. The van der Waals surface area contributed by atoms with E-state index < -0.39 is 11.5 Å². The molecule has 0 atom stereocenters. The van der Waals surface area contributed by atoms with Crippen LogP contribution in [0.25, 0.3) is 11.0 Å². The first kappa shape index (κ1) is 18.3. The third-order valence-electron chi connectivity index (χ3n) is 3.89. The molecule has 0 aliphatic carbocycles. The number of phenolic OH excluding ortho intramolecular Hbond substituents is 1. The van der Waals surface area contributed by atoms with Gasteiger partial charge in [0.2, 0.25) is 0 Å². The number of phenols is 1. The Balaban J connectivity index is 1.63. The van der Waals surface area contributed by atoms with Gasteiger partial charge in [0.05, 0.1) is 0 Å². The van der Waals surface area contributed by atoms with Crippen molar-refractivity contribution in [3.05, 3.63) is 74.1 Å². The number of halogens is 2. The predicted molar refractivity (Wildman–Crippen MR) is 101 cm³/mol. The minimum atomic E-state index is -0.749. The highest BCUT2D eigenvalue weighted by Gasteiger charge is 2.13. The minimum Gasteiger partial charge on any atom is -0.508 e. The van der Waals surface area contributed by atoms with E-state index in [1.165, 1.54) is 18.2 Å². The highest BCUT2D eigenvalue weighted by atomic mass is 35.5. The van der Waals surface area contributed by atoms with Crippen molar-refractivity contribution in [3.63, 3.8) is 0 Å². The Kier molecular flexibility index (Phi) is 5.49. The Morgan fingerprint density at radius 1 is 1.12 bits per heavy atom. The molecule has 1 amide bonds. The molecular formula is C19H15Cl2NO4. The Labute approximate surface area is 159 Å². The molecule has 0 bridgehead atoms. The first-order chi connectivity index (χ1) is 12.4. The van der Waals surface area contributed by atoms with Crippen LogP contribution < -0.4 is 10.9 Å². The van der Waals surface area contributed by atoms with Crippen molar-refractivity contribution in [3.8, 4) is 5.75 Å². The zero-order valence-electron chi connectivity index (χ0n) is 13.6. The van der Waals surface area contributed by atoms with E-state index in [2.05, 4.69) is 5.32 Å². The first-order valence-electron chi connectivity index (χ1n) is 7.93. The number of hydrogen-bond donors (Lipinski definition) is 2. The molecule has 7 heteroatoms. The molecule has 2 N–H and O–H groups in total. The molecule has 3 aromatic rings. The second kappa shape index (κ2) is 7.81. The summed E-state index contributed by atoms with van der Waals surface area (Å²) in [6.07, 6.45) is 1.32. The number of aryl methyl sites for hydroxylation is 1. The molecule has 3 rings (SSSR count). The lowest BCUT2D eigenvalue weighted by Crippen LogP contribution is -2.29. The van der Waals surface area contributed by atoms with Gasteiger partial charge >= 0.3 is 5.63 Å². The molecular weight excluding hydrogens is 377 g/mol. The van der Waals surface area contributed by atoms with Crippen molar-refractivity contribution in [2.24, 2.45) is 0 Å². The number of benzene rings is 2.